The maximum absolute atomic E-state index is 14.4. The van der Waals surface area contributed by atoms with E-state index in [0.29, 0.717) is 56.4 Å². The first-order valence-electron chi connectivity index (χ1n) is 31.3. The molecule has 0 saturated carbocycles. The van der Waals surface area contributed by atoms with Crippen molar-refractivity contribution in [2.75, 3.05) is 13.2 Å². The lowest BCUT2D eigenvalue weighted by atomic mass is 9.55. The van der Waals surface area contributed by atoms with Crippen molar-refractivity contribution in [3.63, 3.8) is 0 Å². The number of fused-ring (bicyclic) bond motifs is 7. The molecule has 0 radical (unpaired) electrons. The zero-order valence-corrected chi connectivity index (χ0v) is 56.8. The van der Waals surface area contributed by atoms with Gasteiger partial charge in [-0.2, -0.15) is 0 Å². The molecule has 516 valence electrons. The van der Waals surface area contributed by atoms with E-state index in [1.165, 1.54) is 17.8 Å². The highest BCUT2D eigenvalue weighted by Gasteiger charge is 2.66. The maximum atomic E-state index is 14.4. The zero-order chi connectivity index (χ0) is 69.9. The fourth-order valence-electron chi connectivity index (χ4n) is 15.6. The van der Waals surface area contributed by atoms with Crippen LogP contribution in [-0.4, -0.2) is 137 Å². The summed E-state index contributed by atoms with van der Waals surface area (Å²) in [6.45, 7) is 18.6. The second-order valence-corrected chi connectivity index (χ2v) is 30.3. The van der Waals surface area contributed by atoms with Crippen molar-refractivity contribution >= 4 is 85.2 Å². The second kappa shape index (κ2) is 27.0. The highest BCUT2D eigenvalue weighted by Crippen LogP contribution is 2.63. The van der Waals surface area contributed by atoms with Gasteiger partial charge in [-0.25, -0.2) is 14.1 Å². The molecule has 15 atom stereocenters. The van der Waals surface area contributed by atoms with Crippen LogP contribution in [0.3, 0.4) is 0 Å². The van der Waals surface area contributed by atoms with Gasteiger partial charge in [-0.1, -0.05) is 34.6 Å². The zero-order valence-electron chi connectivity index (χ0n) is 55.0. The standard InChI is InChI=1S/C62H91N13O17P2/c1-29-20-39-40(21-30(29)2)75(28-70-39)57-52(83)53(41(90-57)27-89-93(84,85)86)92-94(87,88)91-31(3)26-69-49(82)18-19-59(8)37(22-46(66)79)56-62(11)61(10,25-48(68)81)36(14-17-45(65)78)51(74-62)33(5)55-60(9,24-47(67)80)34(12-15-43(63)76)38(71-55)23-42-58(6,7)35(13-16-44(64)77)50(72-42)32(4)54(59)73-56/h20-21,23,28,31,34-37,41,52-53,56-57,71,83H,12-19,22,24-27H2,1-11H3,(H2,63,76)(H2,64,77)(H2,65,78)(H2,66,79)(H2,67,80)(H2,68,81)(H,69,82)(H,87,88)(H2,84,85,86). The van der Waals surface area contributed by atoms with Crippen molar-refractivity contribution < 1.29 is 80.8 Å². The molecule has 2 aromatic rings. The molecule has 1 aromatic heterocycles. The summed E-state index contributed by atoms with van der Waals surface area (Å²) in [4.78, 5) is 145. The number of aromatic nitrogens is 2. The van der Waals surface area contributed by atoms with Crippen LogP contribution >= 0.6 is 15.6 Å². The number of ether oxygens (including phenoxy) is 1. The Morgan fingerprint density at radius 3 is 1.96 bits per heavy atom. The molecule has 6 aliphatic heterocycles. The summed E-state index contributed by atoms with van der Waals surface area (Å²) in [7, 11) is -10.4. The average molecular weight is 1350 g/mol. The fourth-order valence-corrected chi connectivity index (χ4v) is 17.1. The number of phosphoric ester groups is 2. The Morgan fingerprint density at radius 2 is 1.37 bits per heavy atom. The lowest BCUT2D eigenvalue weighted by Gasteiger charge is -2.48. The Morgan fingerprint density at radius 1 is 0.777 bits per heavy atom. The van der Waals surface area contributed by atoms with Crippen LogP contribution in [0.2, 0.25) is 0 Å². The highest BCUT2D eigenvalue weighted by atomic mass is 31.2. The SMILES string of the molecule is CC1=C2N=C(C=C3NC(=C(C)C4=NC(C)(C5N=C1C(C)(CCC(=O)NCC(C)OP(=O)(O)OC1C(COP(=O)(O)O)OC(n6cnc7cc(C)c(C)cc76)C1O)C5CC(N)=O)C(C)(CC(N)=O)C4CCC(N)=O)C(C)(CC(N)=O)C3CCC(N)=O)C(C)(C)C2CCC(N)=O. The quantitative estimate of drug-likeness (QED) is 0.0544. The van der Waals surface area contributed by atoms with Crippen molar-refractivity contribution in [3.8, 4) is 0 Å². The summed E-state index contributed by atoms with van der Waals surface area (Å²) in [6.07, 6.45) is -5.68. The number of nitrogens with one attached hydrogen (secondary N) is 2. The largest absolute Gasteiger partial charge is 0.472 e. The molecule has 6 aliphatic rings. The third-order valence-corrected chi connectivity index (χ3v) is 22.4. The molecule has 0 aliphatic carbocycles. The summed E-state index contributed by atoms with van der Waals surface area (Å²) >= 11 is 0. The molecule has 18 N–H and O–H groups in total. The molecule has 7 amide bonds. The number of imidazole rings is 1. The lowest BCUT2D eigenvalue weighted by Crippen LogP contribution is -2.56. The average Bonchev–Trinajstić information content (AvgIpc) is 1.53. The van der Waals surface area contributed by atoms with E-state index in [-0.39, 0.29) is 70.6 Å². The van der Waals surface area contributed by atoms with Crippen LogP contribution in [0.15, 0.2) is 67.8 Å². The molecular weight excluding hydrogens is 1260 g/mol. The van der Waals surface area contributed by atoms with Gasteiger partial charge in [-0.15, -0.1) is 0 Å². The summed E-state index contributed by atoms with van der Waals surface area (Å²) < 4.78 is 48.9. The van der Waals surface area contributed by atoms with Gasteiger partial charge in [0.1, 0.15) is 18.3 Å². The Kier molecular flexibility index (Phi) is 20.9. The number of aliphatic hydroxyl groups excluding tert-OH is 1. The minimum absolute atomic E-state index is 0.0467. The van der Waals surface area contributed by atoms with E-state index >= 15 is 0 Å². The Hall–Kier alpha value is -6.85. The first-order chi connectivity index (χ1) is 43.5. The van der Waals surface area contributed by atoms with Gasteiger partial charge in [-0.05, 0) is 108 Å². The van der Waals surface area contributed by atoms with Crippen LogP contribution < -0.4 is 45.0 Å². The maximum Gasteiger partial charge on any atom is 0.472 e. The molecule has 15 unspecified atom stereocenters. The van der Waals surface area contributed by atoms with Crippen LogP contribution in [0.1, 0.15) is 150 Å². The van der Waals surface area contributed by atoms with Crippen LogP contribution in [0, 0.1) is 59.2 Å². The molecular formula is C62H91N13O17P2. The number of carbonyl (C=O) groups excluding carboxylic acids is 7. The molecule has 2 fully saturated rings. The molecule has 32 heteroatoms. The topological polar surface area (TPSA) is 507 Å². The highest BCUT2D eigenvalue weighted by molar-refractivity contribution is 7.47. The van der Waals surface area contributed by atoms with Gasteiger partial charge >= 0.3 is 15.6 Å². The van der Waals surface area contributed by atoms with E-state index in [1.54, 1.807) is 19.9 Å². The molecule has 0 spiro atoms. The van der Waals surface area contributed by atoms with Gasteiger partial charge in [0.25, 0.3) is 0 Å². The molecule has 7 heterocycles. The molecule has 1 aromatic carbocycles. The van der Waals surface area contributed by atoms with E-state index in [9.17, 15) is 62.5 Å². The van der Waals surface area contributed by atoms with E-state index in [1.807, 2.05) is 67.5 Å². The third kappa shape index (κ3) is 14.5. The van der Waals surface area contributed by atoms with Gasteiger partial charge < -0.3 is 74.1 Å². The van der Waals surface area contributed by atoms with E-state index in [0.717, 1.165) is 11.1 Å². The van der Waals surface area contributed by atoms with Gasteiger partial charge in [0.15, 0.2) is 6.23 Å². The Balaban J connectivity index is 1.19. The number of nitrogens with zero attached hydrogens (tertiary/aromatic N) is 5. The summed E-state index contributed by atoms with van der Waals surface area (Å²) in [6, 6.07) is 2.52. The summed E-state index contributed by atoms with van der Waals surface area (Å²) in [5, 5.41) is 18.0. The number of allylic oxidation sites excluding steroid dienone is 6. The molecule has 94 heavy (non-hydrogen) atoms. The minimum Gasteiger partial charge on any atom is -0.386 e. The normalized spacial score (nSPS) is 31.4. The van der Waals surface area contributed by atoms with Crippen LogP contribution in [0.5, 0.6) is 0 Å². The third-order valence-electron chi connectivity index (χ3n) is 20.8. The fraction of sp³-hybridized carbons (Fsp3) is 0.629. The minimum atomic E-state index is -5.26. The van der Waals surface area contributed by atoms with E-state index < -0.39 is 158 Å². The van der Waals surface area contributed by atoms with Gasteiger partial charge in [0, 0.05) is 131 Å². The van der Waals surface area contributed by atoms with Crippen LogP contribution in [0.25, 0.3) is 11.0 Å². The van der Waals surface area contributed by atoms with Crippen molar-refractivity contribution in [1.29, 1.82) is 0 Å². The van der Waals surface area contributed by atoms with Crippen LogP contribution in [0.4, 0.5) is 0 Å². The molecule has 8 rings (SSSR count). The van der Waals surface area contributed by atoms with Gasteiger partial charge in [0.2, 0.25) is 41.4 Å². The van der Waals surface area contributed by atoms with Crippen molar-refractivity contribution in [3.05, 3.63) is 63.9 Å². The Labute approximate surface area is 544 Å². The number of aryl methyl sites for hydroxylation is 2. The number of hydrogen-bond acceptors (Lipinski definition) is 19. The molecule has 30 nitrogen and oxygen atoms in total. The first kappa shape index (κ1) is 73.0. The number of aliphatic hydroxyl groups is 1. The van der Waals surface area contributed by atoms with E-state index in [2.05, 4.69) is 15.6 Å². The number of amides is 7. The van der Waals surface area contributed by atoms with Crippen molar-refractivity contribution in [1.82, 2.24) is 20.2 Å². The summed E-state index contributed by atoms with van der Waals surface area (Å²) in [5.74, 6) is -7.46. The number of rotatable bonds is 28. The monoisotopic (exact) mass is 1350 g/mol. The van der Waals surface area contributed by atoms with Gasteiger partial charge in [-0.3, -0.25) is 62.1 Å². The number of carbonyl (C=O) groups is 7. The molecule has 8 bridgehead atoms. The van der Waals surface area contributed by atoms with Crippen molar-refractivity contribution in [2.24, 2.45) is 94.7 Å². The van der Waals surface area contributed by atoms with Gasteiger partial charge in [0.05, 0.1) is 41.7 Å². The van der Waals surface area contributed by atoms with Crippen molar-refractivity contribution in [2.45, 2.75) is 189 Å². The second-order valence-electron chi connectivity index (χ2n) is 27.7. The van der Waals surface area contributed by atoms with Crippen LogP contribution in [-0.2, 0) is 61.0 Å². The predicted molar refractivity (Wildman–Crippen MR) is 345 cm³/mol. The molecule has 2 saturated heterocycles. The Bertz CT molecular complexity index is 3740. The lowest BCUT2D eigenvalue weighted by molar-refractivity contribution is -0.124. The predicted octanol–water partition coefficient (Wildman–Crippen LogP) is 3.28. The summed E-state index contributed by atoms with van der Waals surface area (Å²) in [5.41, 5.74) is 36.7. The number of hydrogen-bond donors (Lipinski definition) is 12. The number of phosphoric acid groups is 2. The van der Waals surface area contributed by atoms with E-state index in [4.69, 9.17) is 67.7 Å². The number of benzene rings is 1. The smallest absolute Gasteiger partial charge is 0.386 e. The number of aliphatic imine (C=N–C) groups is 3. The first-order valence-corrected chi connectivity index (χ1v) is 34.3. The number of nitrogens with two attached hydrogens (primary N) is 6. The number of primary amides is 6.